The minimum atomic E-state index is -1.07. The molecule has 1 rings (SSSR count). The lowest BCUT2D eigenvalue weighted by molar-refractivity contribution is -0.140. The quantitative estimate of drug-likeness (QED) is 0.631. The Morgan fingerprint density at radius 2 is 2.20 bits per heavy atom. The number of hydrogen-bond acceptors (Lipinski definition) is 4. The lowest BCUT2D eigenvalue weighted by Gasteiger charge is -2.16. The summed E-state index contributed by atoms with van der Waals surface area (Å²) in [6.45, 7) is 3.42. The van der Waals surface area contributed by atoms with Gasteiger partial charge < -0.3 is 10.4 Å². The molecule has 1 heterocycles. The number of aromatic amines is 1. The number of carboxylic acid groups (broad SMARTS) is 1. The SMILES string of the molecule is CC(C)[C@H](NC(=O)c1ncn[nH]1)C(=O)O. The highest BCUT2D eigenvalue weighted by molar-refractivity contribution is 5.93. The Hall–Kier alpha value is -1.92. The molecule has 0 spiro atoms. The number of carboxylic acids is 1. The molecule has 0 bridgehead atoms. The first kappa shape index (κ1) is 11.2. The maximum Gasteiger partial charge on any atom is 0.326 e. The first-order valence-corrected chi connectivity index (χ1v) is 4.41. The van der Waals surface area contributed by atoms with Gasteiger partial charge >= 0.3 is 5.97 Å². The van der Waals surface area contributed by atoms with Gasteiger partial charge in [-0.25, -0.2) is 9.78 Å². The average molecular weight is 212 g/mol. The Labute approximate surface area is 85.9 Å². The molecule has 0 aliphatic heterocycles. The van der Waals surface area contributed by atoms with Crippen molar-refractivity contribution < 1.29 is 14.7 Å². The minimum Gasteiger partial charge on any atom is -0.480 e. The van der Waals surface area contributed by atoms with E-state index in [9.17, 15) is 9.59 Å². The molecule has 3 N–H and O–H groups in total. The maximum atomic E-state index is 11.4. The smallest absolute Gasteiger partial charge is 0.326 e. The van der Waals surface area contributed by atoms with Crippen LogP contribution < -0.4 is 5.32 Å². The van der Waals surface area contributed by atoms with Crippen LogP contribution in [0, 0.1) is 5.92 Å². The second-order valence-corrected chi connectivity index (χ2v) is 3.37. The van der Waals surface area contributed by atoms with Gasteiger partial charge in [-0.15, -0.1) is 0 Å². The van der Waals surface area contributed by atoms with E-state index in [1.54, 1.807) is 13.8 Å². The molecular weight excluding hydrogens is 200 g/mol. The van der Waals surface area contributed by atoms with E-state index in [1.807, 2.05) is 0 Å². The number of carbonyl (C=O) groups is 2. The molecule has 7 heteroatoms. The maximum absolute atomic E-state index is 11.4. The normalized spacial score (nSPS) is 12.5. The van der Waals surface area contributed by atoms with Crippen LogP contribution in [0.2, 0.25) is 0 Å². The number of amides is 1. The Morgan fingerprint density at radius 1 is 1.53 bits per heavy atom. The van der Waals surface area contributed by atoms with Crippen molar-refractivity contribution >= 4 is 11.9 Å². The number of rotatable bonds is 4. The molecule has 1 aromatic heterocycles. The third-order valence-electron chi connectivity index (χ3n) is 1.85. The molecule has 0 fully saturated rings. The molecule has 0 saturated heterocycles. The van der Waals surface area contributed by atoms with Crippen LogP contribution in [-0.2, 0) is 4.79 Å². The average Bonchev–Trinajstić information content (AvgIpc) is 2.65. The Bertz CT molecular complexity index is 347. The highest BCUT2D eigenvalue weighted by atomic mass is 16.4. The zero-order chi connectivity index (χ0) is 11.4. The number of hydrogen-bond donors (Lipinski definition) is 3. The van der Waals surface area contributed by atoms with Crippen molar-refractivity contribution in [3.05, 3.63) is 12.2 Å². The van der Waals surface area contributed by atoms with Crippen molar-refractivity contribution in [1.82, 2.24) is 20.5 Å². The van der Waals surface area contributed by atoms with Crippen molar-refractivity contribution in [3.63, 3.8) is 0 Å². The van der Waals surface area contributed by atoms with Crippen LogP contribution in [-0.4, -0.2) is 38.2 Å². The molecular formula is C8H12N4O3. The van der Waals surface area contributed by atoms with Gasteiger partial charge in [0.05, 0.1) is 0 Å². The summed E-state index contributed by atoms with van der Waals surface area (Å²) < 4.78 is 0. The standard InChI is InChI=1S/C8H12N4O3/c1-4(2)5(8(14)15)11-7(13)6-9-3-10-12-6/h3-5H,1-2H3,(H,11,13)(H,14,15)(H,9,10,12)/t5-/m0/s1. The molecule has 0 aliphatic rings. The van der Waals surface area contributed by atoms with Crippen molar-refractivity contribution in [2.45, 2.75) is 19.9 Å². The fourth-order valence-corrected chi connectivity index (χ4v) is 1.04. The molecule has 1 amide bonds. The first-order chi connectivity index (χ1) is 7.02. The number of nitrogens with zero attached hydrogens (tertiary/aromatic N) is 2. The lowest BCUT2D eigenvalue weighted by atomic mass is 10.1. The van der Waals surface area contributed by atoms with Crippen LogP contribution in [0.3, 0.4) is 0 Å². The zero-order valence-corrected chi connectivity index (χ0v) is 8.39. The summed E-state index contributed by atoms with van der Waals surface area (Å²) in [7, 11) is 0. The Balaban J connectivity index is 2.67. The highest BCUT2D eigenvalue weighted by Crippen LogP contribution is 2.02. The van der Waals surface area contributed by atoms with Gasteiger partial charge in [-0.2, -0.15) is 5.10 Å². The summed E-state index contributed by atoms with van der Waals surface area (Å²) in [6, 6.07) is -0.928. The first-order valence-electron chi connectivity index (χ1n) is 4.41. The summed E-state index contributed by atoms with van der Waals surface area (Å²) in [5.74, 6) is -1.84. The lowest BCUT2D eigenvalue weighted by Crippen LogP contribution is -2.44. The predicted molar refractivity (Wildman–Crippen MR) is 50.1 cm³/mol. The van der Waals surface area contributed by atoms with Crippen LogP contribution in [0.4, 0.5) is 0 Å². The van der Waals surface area contributed by atoms with Gasteiger partial charge in [0.1, 0.15) is 12.4 Å². The van der Waals surface area contributed by atoms with Crippen LogP contribution in [0.5, 0.6) is 0 Å². The zero-order valence-electron chi connectivity index (χ0n) is 8.39. The molecule has 0 unspecified atom stereocenters. The molecule has 1 atom stereocenters. The fourth-order valence-electron chi connectivity index (χ4n) is 1.04. The van der Waals surface area contributed by atoms with Crippen LogP contribution >= 0.6 is 0 Å². The molecule has 0 radical (unpaired) electrons. The predicted octanol–water partition coefficient (Wildman–Crippen LogP) is -0.356. The van der Waals surface area contributed by atoms with Crippen molar-refractivity contribution in [1.29, 1.82) is 0 Å². The highest BCUT2D eigenvalue weighted by Gasteiger charge is 2.24. The van der Waals surface area contributed by atoms with Gasteiger partial charge in [-0.3, -0.25) is 9.89 Å². The summed E-state index contributed by atoms with van der Waals surface area (Å²) in [4.78, 5) is 25.8. The molecule has 15 heavy (non-hydrogen) atoms. The Kier molecular flexibility index (Phi) is 3.37. The molecule has 1 aromatic rings. The van der Waals surface area contributed by atoms with Gasteiger partial charge in [0.25, 0.3) is 5.91 Å². The molecule has 0 aromatic carbocycles. The van der Waals surface area contributed by atoms with E-state index >= 15 is 0 Å². The molecule has 82 valence electrons. The third kappa shape index (κ3) is 2.76. The minimum absolute atomic E-state index is 0.00176. The summed E-state index contributed by atoms with van der Waals surface area (Å²) in [5.41, 5.74) is 0. The molecule has 7 nitrogen and oxygen atoms in total. The Morgan fingerprint density at radius 3 is 2.60 bits per heavy atom. The van der Waals surface area contributed by atoms with Crippen molar-refractivity contribution in [2.24, 2.45) is 5.92 Å². The van der Waals surface area contributed by atoms with Crippen molar-refractivity contribution in [3.8, 4) is 0 Å². The van der Waals surface area contributed by atoms with Crippen LogP contribution in [0.1, 0.15) is 24.5 Å². The van der Waals surface area contributed by atoms with Gasteiger partial charge in [-0.1, -0.05) is 13.8 Å². The summed E-state index contributed by atoms with van der Waals surface area (Å²) in [5, 5.41) is 17.0. The summed E-state index contributed by atoms with van der Waals surface area (Å²) >= 11 is 0. The number of H-pyrrole nitrogens is 1. The summed E-state index contributed by atoms with van der Waals surface area (Å²) in [6.07, 6.45) is 1.18. The van der Waals surface area contributed by atoms with E-state index in [-0.39, 0.29) is 11.7 Å². The van der Waals surface area contributed by atoms with Crippen LogP contribution in [0.15, 0.2) is 6.33 Å². The van der Waals surface area contributed by atoms with Gasteiger partial charge in [0.2, 0.25) is 5.82 Å². The van der Waals surface area contributed by atoms with E-state index in [4.69, 9.17) is 5.11 Å². The number of aliphatic carboxylic acids is 1. The third-order valence-corrected chi connectivity index (χ3v) is 1.85. The van der Waals surface area contributed by atoms with E-state index in [0.717, 1.165) is 0 Å². The number of nitrogens with one attached hydrogen (secondary N) is 2. The largest absolute Gasteiger partial charge is 0.480 e. The van der Waals surface area contributed by atoms with Gasteiger partial charge in [-0.05, 0) is 5.92 Å². The van der Waals surface area contributed by atoms with E-state index in [2.05, 4.69) is 20.5 Å². The molecule has 0 aliphatic carbocycles. The van der Waals surface area contributed by atoms with Gasteiger partial charge in [0, 0.05) is 0 Å². The van der Waals surface area contributed by atoms with Gasteiger partial charge in [0.15, 0.2) is 0 Å². The fraction of sp³-hybridized carbons (Fsp3) is 0.500. The van der Waals surface area contributed by atoms with Crippen LogP contribution in [0.25, 0.3) is 0 Å². The van der Waals surface area contributed by atoms with E-state index in [1.165, 1.54) is 6.33 Å². The van der Waals surface area contributed by atoms with E-state index < -0.39 is 17.9 Å². The topological polar surface area (TPSA) is 108 Å². The monoisotopic (exact) mass is 212 g/mol. The van der Waals surface area contributed by atoms with Crippen molar-refractivity contribution in [2.75, 3.05) is 0 Å². The number of aromatic nitrogens is 3. The second kappa shape index (κ2) is 4.54. The number of carbonyl (C=O) groups excluding carboxylic acids is 1. The second-order valence-electron chi connectivity index (χ2n) is 3.37. The van der Waals surface area contributed by atoms with E-state index in [0.29, 0.717) is 0 Å². The molecule has 0 saturated carbocycles.